The first kappa shape index (κ1) is 25.1. The molecular formula is C21H33NO6S. The summed E-state index contributed by atoms with van der Waals surface area (Å²) in [5.41, 5.74) is 0.860. The Morgan fingerprint density at radius 3 is 2.45 bits per heavy atom. The van der Waals surface area contributed by atoms with Crippen LogP contribution in [0.15, 0.2) is 24.3 Å². The number of hydrogen-bond acceptors (Lipinski definition) is 6. The summed E-state index contributed by atoms with van der Waals surface area (Å²) in [5.74, 6) is 1.66. The zero-order valence-corrected chi connectivity index (χ0v) is 18.4. The van der Waals surface area contributed by atoms with Crippen LogP contribution >= 0.6 is 11.8 Å². The van der Waals surface area contributed by atoms with Crippen molar-refractivity contribution in [1.29, 1.82) is 0 Å². The van der Waals surface area contributed by atoms with Gasteiger partial charge in [0.05, 0.1) is 13.7 Å². The third-order valence-corrected chi connectivity index (χ3v) is 5.25. The van der Waals surface area contributed by atoms with Gasteiger partial charge in [0.2, 0.25) is 0 Å². The summed E-state index contributed by atoms with van der Waals surface area (Å²) in [4.78, 5) is 24.7. The fourth-order valence-corrected chi connectivity index (χ4v) is 3.62. The minimum absolute atomic E-state index is 0.301. The van der Waals surface area contributed by atoms with Crippen molar-refractivity contribution in [3.8, 4) is 5.75 Å². The second-order valence-corrected chi connectivity index (χ2v) is 7.63. The second-order valence-electron chi connectivity index (χ2n) is 6.40. The van der Waals surface area contributed by atoms with E-state index in [0.29, 0.717) is 38.5 Å². The molecule has 0 spiro atoms. The Labute approximate surface area is 177 Å². The summed E-state index contributed by atoms with van der Waals surface area (Å²) in [6.07, 6.45) is 1.45. The van der Waals surface area contributed by atoms with Gasteiger partial charge >= 0.3 is 12.1 Å². The van der Waals surface area contributed by atoms with Crippen LogP contribution in [0, 0.1) is 0 Å². The molecule has 0 fully saturated rings. The van der Waals surface area contributed by atoms with Gasteiger partial charge in [0.1, 0.15) is 12.4 Å². The number of methoxy groups -OCH3 is 1. The van der Waals surface area contributed by atoms with Crippen molar-refractivity contribution in [1.82, 2.24) is 4.90 Å². The van der Waals surface area contributed by atoms with E-state index in [2.05, 4.69) is 6.92 Å². The average Bonchev–Trinajstić information content (AvgIpc) is 2.72. The lowest BCUT2D eigenvalue weighted by atomic mass is 10.1. The number of nitrogens with zero attached hydrogens (tertiary/aromatic N) is 1. The lowest BCUT2D eigenvalue weighted by Crippen LogP contribution is -2.36. The van der Waals surface area contributed by atoms with E-state index in [9.17, 15) is 9.59 Å². The monoisotopic (exact) mass is 427 g/mol. The molecule has 29 heavy (non-hydrogen) atoms. The van der Waals surface area contributed by atoms with Crippen LogP contribution in [0.25, 0.3) is 0 Å². The van der Waals surface area contributed by atoms with Crippen LogP contribution in [-0.4, -0.2) is 73.1 Å². The third kappa shape index (κ3) is 10.4. The van der Waals surface area contributed by atoms with Crippen LogP contribution < -0.4 is 4.74 Å². The number of aliphatic carboxylic acids is 1. The lowest BCUT2D eigenvalue weighted by molar-refractivity contribution is -0.149. The summed E-state index contributed by atoms with van der Waals surface area (Å²) in [7, 11) is 1.38. The van der Waals surface area contributed by atoms with Crippen LogP contribution in [-0.2, 0) is 20.7 Å². The number of carboxylic acids is 1. The van der Waals surface area contributed by atoms with Gasteiger partial charge in [0, 0.05) is 25.3 Å². The molecule has 0 aliphatic carbocycles. The van der Waals surface area contributed by atoms with E-state index in [1.165, 1.54) is 20.0 Å². The van der Waals surface area contributed by atoms with Gasteiger partial charge in [-0.25, -0.2) is 9.59 Å². The Balaban J connectivity index is 2.45. The lowest BCUT2D eigenvalue weighted by Gasteiger charge is -2.21. The fraction of sp³-hybridized carbons (Fsp3) is 0.619. The van der Waals surface area contributed by atoms with Crippen LogP contribution in [0.5, 0.6) is 5.75 Å². The van der Waals surface area contributed by atoms with Crippen LogP contribution in [0.3, 0.4) is 0 Å². The number of carbonyl (C=O) groups excluding carboxylic acids is 1. The molecule has 0 aromatic heterocycles. The third-order valence-electron chi connectivity index (χ3n) is 4.20. The van der Waals surface area contributed by atoms with E-state index in [-0.39, 0.29) is 6.09 Å². The molecule has 1 unspecified atom stereocenters. The van der Waals surface area contributed by atoms with Crippen molar-refractivity contribution in [2.75, 3.05) is 44.9 Å². The summed E-state index contributed by atoms with van der Waals surface area (Å²) in [5, 5.41) is 9.16. The van der Waals surface area contributed by atoms with Gasteiger partial charge in [0.25, 0.3) is 0 Å². The van der Waals surface area contributed by atoms with Crippen molar-refractivity contribution in [2.45, 2.75) is 39.2 Å². The van der Waals surface area contributed by atoms with Crippen molar-refractivity contribution in [3.05, 3.63) is 29.8 Å². The predicted molar refractivity (Wildman–Crippen MR) is 115 cm³/mol. The number of carboxylic acid groups (broad SMARTS) is 1. The normalized spacial score (nSPS) is 11.7. The van der Waals surface area contributed by atoms with E-state index in [0.717, 1.165) is 17.1 Å². The molecule has 1 N–H and O–H groups in total. The van der Waals surface area contributed by atoms with Gasteiger partial charge in [-0.1, -0.05) is 25.5 Å². The molecule has 1 aromatic rings. The quantitative estimate of drug-likeness (QED) is 0.427. The molecule has 0 saturated heterocycles. The Hall–Kier alpha value is -1.93. The molecule has 8 heteroatoms. The van der Waals surface area contributed by atoms with Gasteiger partial charge in [-0.05, 0) is 36.8 Å². The predicted octanol–water partition coefficient (Wildman–Crippen LogP) is 3.70. The zero-order valence-electron chi connectivity index (χ0n) is 17.6. The number of thioether (sulfide) groups is 1. The second kappa shape index (κ2) is 15.0. The van der Waals surface area contributed by atoms with Gasteiger partial charge in [0.15, 0.2) is 6.10 Å². The molecule has 0 bridgehead atoms. The SMILES string of the molecule is CCCCSCCN(CCOc1ccc(CC(OCC)C(=O)O)cc1)C(=O)OC. The van der Waals surface area contributed by atoms with E-state index in [1.807, 2.05) is 23.9 Å². The van der Waals surface area contributed by atoms with Crippen molar-refractivity contribution in [3.63, 3.8) is 0 Å². The highest BCUT2D eigenvalue weighted by molar-refractivity contribution is 7.99. The van der Waals surface area contributed by atoms with Crippen LogP contribution in [0.2, 0.25) is 0 Å². The number of ether oxygens (including phenoxy) is 3. The minimum atomic E-state index is -0.970. The number of amides is 1. The van der Waals surface area contributed by atoms with Gasteiger partial charge in [-0.2, -0.15) is 11.8 Å². The van der Waals surface area contributed by atoms with E-state index >= 15 is 0 Å². The van der Waals surface area contributed by atoms with Gasteiger partial charge < -0.3 is 24.2 Å². The van der Waals surface area contributed by atoms with Gasteiger partial charge in [-0.3, -0.25) is 0 Å². The summed E-state index contributed by atoms with van der Waals surface area (Å²) in [6, 6.07) is 7.24. The maximum atomic E-state index is 11.9. The van der Waals surface area contributed by atoms with E-state index in [4.69, 9.17) is 19.3 Å². The Morgan fingerprint density at radius 2 is 1.86 bits per heavy atom. The first-order chi connectivity index (χ1) is 14.0. The van der Waals surface area contributed by atoms with Crippen LogP contribution in [0.4, 0.5) is 4.79 Å². The van der Waals surface area contributed by atoms with Gasteiger partial charge in [-0.15, -0.1) is 0 Å². The number of carbonyl (C=O) groups is 2. The Kier molecular flexibility index (Phi) is 13.0. The fourth-order valence-electron chi connectivity index (χ4n) is 2.57. The molecular weight excluding hydrogens is 394 g/mol. The summed E-state index contributed by atoms with van der Waals surface area (Å²) >= 11 is 1.83. The van der Waals surface area contributed by atoms with Crippen molar-refractivity contribution >= 4 is 23.8 Å². The highest BCUT2D eigenvalue weighted by Crippen LogP contribution is 2.15. The first-order valence-electron chi connectivity index (χ1n) is 9.98. The first-order valence-corrected chi connectivity index (χ1v) is 11.1. The molecule has 0 aliphatic rings. The van der Waals surface area contributed by atoms with Crippen LogP contribution in [0.1, 0.15) is 32.3 Å². The number of unbranched alkanes of at least 4 members (excludes halogenated alkanes) is 1. The zero-order chi connectivity index (χ0) is 21.5. The summed E-state index contributed by atoms with van der Waals surface area (Å²) in [6.45, 7) is 5.70. The van der Waals surface area contributed by atoms with Crippen molar-refractivity contribution < 1.29 is 28.9 Å². The molecule has 1 atom stereocenters. The maximum Gasteiger partial charge on any atom is 0.409 e. The molecule has 1 rings (SSSR count). The molecule has 0 aliphatic heterocycles. The minimum Gasteiger partial charge on any atom is -0.492 e. The number of hydrogen-bond donors (Lipinski definition) is 1. The molecule has 0 heterocycles. The Bertz CT molecular complexity index is 595. The number of rotatable bonds is 15. The van der Waals surface area contributed by atoms with E-state index < -0.39 is 12.1 Å². The largest absolute Gasteiger partial charge is 0.492 e. The topological polar surface area (TPSA) is 85.3 Å². The molecule has 164 valence electrons. The highest BCUT2D eigenvalue weighted by atomic mass is 32.2. The van der Waals surface area contributed by atoms with E-state index in [1.54, 1.807) is 24.0 Å². The molecule has 0 saturated carbocycles. The molecule has 1 amide bonds. The number of benzene rings is 1. The molecule has 7 nitrogen and oxygen atoms in total. The Morgan fingerprint density at radius 1 is 1.14 bits per heavy atom. The molecule has 0 radical (unpaired) electrons. The summed E-state index contributed by atoms with van der Waals surface area (Å²) < 4.78 is 15.8. The smallest absolute Gasteiger partial charge is 0.409 e. The standard InChI is InChI=1S/C21H33NO6S/c1-4-6-14-29-15-12-22(21(25)26-3)11-13-28-18-9-7-17(8-10-18)16-19(20(23)24)27-5-2/h7-10,19H,4-6,11-16H2,1-3H3,(H,23,24). The van der Waals surface area contributed by atoms with Crippen molar-refractivity contribution in [2.24, 2.45) is 0 Å². The molecule has 1 aromatic carbocycles. The maximum absolute atomic E-state index is 11.9. The highest BCUT2D eigenvalue weighted by Gasteiger charge is 2.18. The average molecular weight is 428 g/mol.